The summed E-state index contributed by atoms with van der Waals surface area (Å²) in [6.45, 7) is 0.995. The molecule has 2 aromatic rings. The maximum Gasteiger partial charge on any atom is 0.332 e. The van der Waals surface area contributed by atoms with E-state index in [0.29, 0.717) is 28.8 Å². The Morgan fingerprint density at radius 1 is 1.11 bits per heavy atom. The van der Waals surface area contributed by atoms with Crippen LogP contribution in [0.3, 0.4) is 0 Å². The molecular formula is C19H16BrCl2N3O2. The second kappa shape index (κ2) is 6.78. The van der Waals surface area contributed by atoms with E-state index < -0.39 is 5.54 Å². The number of rotatable bonds is 2. The van der Waals surface area contributed by atoms with Crippen LogP contribution in [-0.4, -0.2) is 42.5 Å². The molecule has 0 radical (unpaired) electrons. The van der Waals surface area contributed by atoms with Crippen LogP contribution < -0.4 is 10.2 Å². The SMILES string of the molecule is CN1C(=O)N(c2cc(Cl)cc(Cl)c2)C(=O)[C@@]12CNC[C@@H]2c1ccc(Br)cc1. The Balaban J connectivity index is 1.80. The van der Waals surface area contributed by atoms with Gasteiger partial charge in [-0.1, -0.05) is 51.3 Å². The van der Waals surface area contributed by atoms with Crippen molar-refractivity contribution < 1.29 is 9.59 Å². The minimum atomic E-state index is -0.986. The van der Waals surface area contributed by atoms with Crippen molar-refractivity contribution in [1.29, 1.82) is 0 Å². The smallest absolute Gasteiger partial charge is 0.313 e. The zero-order valence-electron chi connectivity index (χ0n) is 14.4. The third-order valence-electron chi connectivity index (χ3n) is 5.35. The quantitative estimate of drug-likeness (QED) is 0.669. The minimum absolute atomic E-state index is 0.160. The number of hydrogen-bond acceptors (Lipinski definition) is 3. The number of benzene rings is 2. The van der Waals surface area contributed by atoms with Crippen molar-refractivity contribution in [3.63, 3.8) is 0 Å². The van der Waals surface area contributed by atoms with Gasteiger partial charge in [0.1, 0.15) is 5.54 Å². The van der Waals surface area contributed by atoms with Gasteiger partial charge < -0.3 is 10.2 Å². The van der Waals surface area contributed by atoms with Crippen molar-refractivity contribution in [3.8, 4) is 0 Å². The van der Waals surface area contributed by atoms with Crippen LogP contribution >= 0.6 is 39.1 Å². The summed E-state index contributed by atoms with van der Waals surface area (Å²) in [5.74, 6) is -0.432. The number of nitrogens with one attached hydrogen (secondary N) is 1. The van der Waals surface area contributed by atoms with Gasteiger partial charge in [-0.05, 0) is 35.9 Å². The standard InChI is InChI=1S/C19H16BrCl2N3O2/c1-24-18(27)25(15-7-13(21)6-14(22)8-15)17(26)19(24)10-23-9-16(19)11-2-4-12(20)5-3-11/h2-8,16,23H,9-10H2,1H3/t16-,19+/m1/s1. The highest BCUT2D eigenvalue weighted by Crippen LogP contribution is 2.44. The van der Waals surface area contributed by atoms with Crippen LogP contribution in [0.2, 0.25) is 10.0 Å². The van der Waals surface area contributed by atoms with Crippen LogP contribution in [0.1, 0.15) is 11.5 Å². The summed E-state index contributed by atoms with van der Waals surface area (Å²) in [5, 5.41) is 4.03. The molecule has 2 aromatic carbocycles. The Bertz CT molecular complexity index is 917. The van der Waals surface area contributed by atoms with Gasteiger partial charge in [0.25, 0.3) is 5.91 Å². The number of urea groups is 1. The summed E-state index contributed by atoms with van der Waals surface area (Å²) in [7, 11) is 1.67. The number of imide groups is 1. The lowest BCUT2D eigenvalue weighted by Gasteiger charge is -2.33. The zero-order chi connectivity index (χ0) is 19.3. The van der Waals surface area contributed by atoms with Gasteiger partial charge in [-0.15, -0.1) is 0 Å². The van der Waals surface area contributed by atoms with Crippen molar-refractivity contribution in [2.45, 2.75) is 11.5 Å². The molecule has 0 saturated carbocycles. The second-order valence-corrected chi connectivity index (χ2v) is 8.56. The summed E-state index contributed by atoms with van der Waals surface area (Å²) < 4.78 is 0.962. The highest BCUT2D eigenvalue weighted by molar-refractivity contribution is 9.10. The summed E-state index contributed by atoms with van der Waals surface area (Å²) >= 11 is 15.6. The van der Waals surface area contributed by atoms with Crippen molar-refractivity contribution in [1.82, 2.24) is 10.2 Å². The van der Waals surface area contributed by atoms with E-state index in [4.69, 9.17) is 23.2 Å². The number of amides is 3. The molecule has 2 aliphatic heterocycles. The van der Waals surface area contributed by atoms with E-state index >= 15 is 0 Å². The number of carbonyl (C=O) groups excluding carboxylic acids is 2. The molecule has 4 rings (SSSR count). The number of nitrogens with zero attached hydrogens (tertiary/aromatic N) is 2. The van der Waals surface area contributed by atoms with Crippen LogP contribution in [0.4, 0.5) is 10.5 Å². The highest BCUT2D eigenvalue weighted by Gasteiger charge is 2.62. The molecule has 2 aliphatic rings. The van der Waals surface area contributed by atoms with Crippen molar-refractivity contribution in [3.05, 3.63) is 62.5 Å². The number of likely N-dealkylation sites (N-methyl/N-ethyl adjacent to an activating group) is 1. The predicted octanol–water partition coefficient (Wildman–Crippen LogP) is 4.28. The molecule has 8 heteroatoms. The van der Waals surface area contributed by atoms with E-state index in [1.807, 2.05) is 24.3 Å². The molecule has 0 unspecified atom stereocenters. The molecule has 140 valence electrons. The highest BCUT2D eigenvalue weighted by atomic mass is 79.9. The van der Waals surface area contributed by atoms with E-state index in [1.165, 1.54) is 9.80 Å². The van der Waals surface area contributed by atoms with Gasteiger partial charge >= 0.3 is 6.03 Å². The average molecular weight is 469 g/mol. The lowest BCUT2D eigenvalue weighted by atomic mass is 9.81. The Labute approximate surface area is 175 Å². The molecule has 1 N–H and O–H groups in total. The van der Waals surface area contributed by atoms with E-state index in [0.717, 1.165) is 10.0 Å². The molecule has 27 heavy (non-hydrogen) atoms. The lowest BCUT2D eigenvalue weighted by molar-refractivity contribution is -0.124. The Morgan fingerprint density at radius 2 is 1.74 bits per heavy atom. The van der Waals surface area contributed by atoms with E-state index in [-0.39, 0.29) is 17.9 Å². The van der Waals surface area contributed by atoms with E-state index in [9.17, 15) is 9.59 Å². The Hall–Kier alpha value is -1.60. The average Bonchev–Trinajstić information content (AvgIpc) is 3.13. The fourth-order valence-electron chi connectivity index (χ4n) is 4.01. The number of hydrogen-bond donors (Lipinski definition) is 1. The molecule has 2 saturated heterocycles. The topological polar surface area (TPSA) is 52.7 Å². The summed E-state index contributed by atoms with van der Waals surface area (Å²) in [4.78, 5) is 29.3. The fraction of sp³-hybridized carbons (Fsp3) is 0.263. The molecule has 2 heterocycles. The van der Waals surface area contributed by atoms with Gasteiger partial charge in [0.15, 0.2) is 0 Å². The first-order valence-electron chi connectivity index (χ1n) is 8.39. The first-order valence-corrected chi connectivity index (χ1v) is 9.94. The van der Waals surface area contributed by atoms with Gasteiger partial charge in [-0.25, -0.2) is 9.69 Å². The molecule has 2 atom stereocenters. The fourth-order valence-corrected chi connectivity index (χ4v) is 4.78. The van der Waals surface area contributed by atoms with Crippen molar-refractivity contribution in [2.24, 2.45) is 0 Å². The van der Waals surface area contributed by atoms with Crippen molar-refractivity contribution >= 4 is 56.8 Å². The van der Waals surface area contributed by atoms with Crippen LogP contribution in [0.15, 0.2) is 46.9 Å². The van der Waals surface area contributed by atoms with E-state index in [1.54, 1.807) is 25.2 Å². The van der Waals surface area contributed by atoms with Crippen LogP contribution in [-0.2, 0) is 4.79 Å². The largest absolute Gasteiger partial charge is 0.332 e. The van der Waals surface area contributed by atoms with Gasteiger partial charge in [-0.2, -0.15) is 0 Å². The maximum atomic E-state index is 13.6. The predicted molar refractivity (Wildman–Crippen MR) is 110 cm³/mol. The number of carbonyl (C=O) groups is 2. The maximum absolute atomic E-state index is 13.6. The van der Waals surface area contributed by atoms with Crippen LogP contribution in [0.25, 0.3) is 0 Å². The van der Waals surface area contributed by atoms with Gasteiger partial charge in [0, 0.05) is 40.6 Å². The van der Waals surface area contributed by atoms with E-state index in [2.05, 4.69) is 21.2 Å². The van der Waals surface area contributed by atoms with Gasteiger partial charge in [0.2, 0.25) is 0 Å². The van der Waals surface area contributed by atoms with Gasteiger partial charge in [-0.3, -0.25) is 4.79 Å². The zero-order valence-corrected chi connectivity index (χ0v) is 17.5. The first-order chi connectivity index (χ1) is 12.8. The summed E-state index contributed by atoms with van der Waals surface area (Å²) in [5.41, 5.74) is 0.398. The van der Waals surface area contributed by atoms with Crippen LogP contribution in [0, 0.1) is 0 Å². The molecule has 5 nitrogen and oxygen atoms in total. The number of halogens is 3. The third kappa shape index (κ3) is 2.86. The Morgan fingerprint density at radius 3 is 2.37 bits per heavy atom. The molecule has 1 spiro atoms. The first kappa shape index (κ1) is 18.7. The molecule has 0 bridgehead atoms. The monoisotopic (exact) mass is 467 g/mol. The molecule has 0 aromatic heterocycles. The lowest BCUT2D eigenvalue weighted by Crippen LogP contribution is -2.53. The van der Waals surface area contributed by atoms with Crippen molar-refractivity contribution in [2.75, 3.05) is 25.0 Å². The molecule has 3 amide bonds. The molecule has 0 aliphatic carbocycles. The second-order valence-electron chi connectivity index (χ2n) is 6.77. The Kier molecular flexibility index (Phi) is 4.71. The third-order valence-corrected chi connectivity index (χ3v) is 6.31. The summed E-state index contributed by atoms with van der Waals surface area (Å²) in [6.07, 6.45) is 0. The van der Waals surface area contributed by atoms with Crippen LogP contribution in [0.5, 0.6) is 0 Å². The normalized spacial score (nSPS) is 25.1. The molecule has 2 fully saturated rings. The number of anilines is 1. The summed E-state index contributed by atoms with van der Waals surface area (Å²) in [6, 6.07) is 12.2. The minimum Gasteiger partial charge on any atom is -0.313 e. The molecular weight excluding hydrogens is 453 g/mol. The van der Waals surface area contributed by atoms with Gasteiger partial charge in [0.05, 0.1) is 5.69 Å².